The molecule has 3 N–H and O–H groups in total. The summed E-state index contributed by atoms with van der Waals surface area (Å²) >= 11 is 0. The molecule has 0 saturated carbocycles. The van der Waals surface area contributed by atoms with E-state index in [0.29, 0.717) is 11.6 Å². The zero-order valence-corrected chi connectivity index (χ0v) is 13.0. The van der Waals surface area contributed by atoms with E-state index in [1.165, 1.54) is 4.57 Å². The van der Waals surface area contributed by atoms with Gasteiger partial charge < -0.3 is 19.7 Å². The van der Waals surface area contributed by atoms with Crippen LogP contribution in [0.2, 0.25) is 0 Å². The first-order valence-electron chi connectivity index (χ1n) is 7.79. The summed E-state index contributed by atoms with van der Waals surface area (Å²) in [7, 11) is 1.55. The van der Waals surface area contributed by atoms with Gasteiger partial charge in [0.15, 0.2) is 17.5 Å². The number of fused-ring (bicyclic) bond motifs is 1. The lowest BCUT2D eigenvalue weighted by atomic mass is 10.1. The van der Waals surface area contributed by atoms with Crippen LogP contribution in [0.1, 0.15) is 25.7 Å². The normalized spacial score (nSPS) is 15.7. The Bertz CT molecular complexity index is 813. The van der Waals surface area contributed by atoms with Crippen LogP contribution in [-0.2, 0) is 13.6 Å². The monoisotopic (exact) mass is 323 g/mol. The molecule has 2 aromatic heterocycles. The van der Waals surface area contributed by atoms with Gasteiger partial charge >= 0.3 is 5.69 Å². The summed E-state index contributed by atoms with van der Waals surface area (Å²) in [6.45, 7) is 1.90. The lowest BCUT2D eigenvalue weighted by Crippen LogP contribution is -2.32. The van der Waals surface area contributed by atoms with Crippen LogP contribution in [0, 0.1) is 0 Å². The van der Waals surface area contributed by atoms with E-state index < -0.39 is 17.5 Å². The quantitative estimate of drug-likeness (QED) is 0.629. The molecule has 0 aromatic carbocycles. The summed E-state index contributed by atoms with van der Waals surface area (Å²) in [6, 6.07) is 0. The number of hydrogen-bond donors (Lipinski definition) is 3. The highest BCUT2D eigenvalue weighted by molar-refractivity contribution is 5.74. The highest BCUT2D eigenvalue weighted by Gasteiger charge is 2.22. The SMILES string of the molecule is Cn1c(=O)[nH]c(=O)c2c1nc(N1CCCCC1)n2CCC(O)O. The van der Waals surface area contributed by atoms with Crippen LogP contribution in [-0.4, -0.2) is 48.7 Å². The molecule has 3 heterocycles. The number of nitrogens with one attached hydrogen (secondary N) is 1. The minimum Gasteiger partial charge on any atom is -0.368 e. The van der Waals surface area contributed by atoms with Crippen molar-refractivity contribution in [1.82, 2.24) is 19.1 Å². The van der Waals surface area contributed by atoms with E-state index in [9.17, 15) is 9.59 Å². The average molecular weight is 323 g/mol. The predicted octanol–water partition coefficient (Wildman–Crippen LogP) is -0.886. The second-order valence-corrected chi connectivity index (χ2v) is 5.87. The first kappa shape index (κ1) is 15.8. The second-order valence-electron chi connectivity index (χ2n) is 5.87. The third-order valence-electron chi connectivity index (χ3n) is 4.24. The minimum absolute atomic E-state index is 0.0780. The van der Waals surface area contributed by atoms with Gasteiger partial charge in [0.05, 0.1) is 0 Å². The van der Waals surface area contributed by atoms with Crippen LogP contribution in [0.4, 0.5) is 5.95 Å². The summed E-state index contributed by atoms with van der Waals surface area (Å²) in [5.41, 5.74) is -0.425. The van der Waals surface area contributed by atoms with Crippen LogP contribution in [0.25, 0.3) is 11.2 Å². The summed E-state index contributed by atoms with van der Waals surface area (Å²) in [6.07, 6.45) is 1.86. The number of rotatable bonds is 4. The van der Waals surface area contributed by atoms with E-state index in [1.807, 2.05) is 0 Å². The van der Waals surface area contributed by atoms with E-state index in [1.54, 1.807) is 11.6 Å². The maximum Gasteiger partial charge on any atom is 0.329 e. The van der Waals surface area contributed by atoms with E-state index in [4.69, 9.17) is 10.2 Å². The van der Waals surface area contributed by atoms with Crippen LogP contribution < -0.4 is 16.1 Å². The van der Waals surface area contributed by atoms with Crippen molar-refractivity contribution in [2.45, 2.75) is 38.5 Å². The number of aromatic nitrogens is 4. The van der Waals surface area contributed by atoms with Gasteiger partial charge in [-0.2, -0.15) is 4.98 Å². The smallest absolute Gasteiger partial charge is 0.329 e. The van der Waals surface area contributed by atoms with Crippen molar-refractivity contribution in [3.8, 4) is 0 Å². The maximum atomic E-state index is 12.2. The Kier molecular flexibility index (Phi) is 4.22. The molecule has 2 aromatic rings. The van der Waals surface area contributed by atoms with E-state index in [-0.39, 0.29) is 18.5 Å². The molecular weight excluding hydrogens is 302 g/mol. The molecule has 0 radical (unpaired) electrons. The molecule has 0 atom stereocenters. The van der Waals surface area contributed by atoms with E-state index in [2.05, 4.69) is 14.9 Å². The van der Waals surface area contributed by atoms with Crippen molar-refractivity contribution in [2.24, 2.45) is 7.05 Å². The largest absolute Gasteiger partial charge is 0.368 e. The number of H-pyrrole nitrogens is 1. The number of anilines is 1. The molecule has 126 valence electrons. The van der Waals surface area contributed by atoms with Crippen molar-refractivity contribution in [3.05, 3.63) is 20.8 Å². The first-order chi connectivity index (χ1) is 11.0. The van der Waals surface area contributed by atoms with Gasteiger partial charge in [-0.3, -0.25) is 14.3 Å². The Labute approximate surface area is 131 Å². The fourth-order valence-corrected chi connectivity index (χ4v) is 3.01. The van der Waals surface area contributed by atoms with Crippen LogP contribution in [0.5, 0.6) is 0 Å². The zero-order chi connectivity index (χ0) is 16.6. The lowest BCUT2D eigenvalue weighted by Gasteiger charge is -2.28. The molecule has 0 unspecified atom stereocenters. The van der Waals surface area contributed by atoms with Gasteiger partial charge in [0.2, 0.25) is 5.95 Å². The maximum absolute atomic E-state index is 12.2. The van der Waals surface area contributed by atoms with Crippen molar-refractivity contribution >= 4 is 17.1 Å². The molecule has 0 spiro atoms. The Morgan fingerprint density at radius 2 is 1.91 bits per heavy atom. The van der Waals surface area contributed by atoms with Crippen LogP contribution >= 0.6 is 0 Å². The third kappa shape index (κ3) is 2.89. The standard InChI is InChI=1S/C14H21N5O4/c1-17-11-10(12(22)16-14(17)23)19(8-5-9(20)21)13(15-11)18-6-3-2-4-7-18/h9,20-21H,2-8H2,1H3,(H,16,22,23). The minimum atomic E-state index is -1.46. The number of nitrogens with zero attached hydrogens (tertiary/aromatic N) is 4. The van der Waals surface area contributed by atoms with Gasteiger partial charge in [-0.1, -0.05) is 0 Å². The Morgan fingerprint density at radius 3 is 2.57 bits per heavy atom. The number of aliphatic hydroxyl groups excluding tert-OH is 1. The Morgan fingerprint density at radius 1 is 1.22 bits per heavy atom. The van der Waals surface area contributed by atoms with E-state index in [0.717, 1.165) is 32.4 Å². The number of imidazole rings is 1. The molecule has 0 bridgehead atoms. The number of aryl methyl sites for hydroxylation is 2. The molecule has 1 saturated heterocycles. The molecule has 3 rings (SSSR count). The number of aromatic amines is 1. The van der Waals surface area contributed by atoms with Gasteiger partial charge in [-0.25, -0.2) is 4.79 Å². The van der Waals surface area contributed by atoms with Gasteiger partial charge in [-0.05, 0) is 19.3 Å². The number of piperidine rings is 1. The second kappa shape index (κ2) is 6.17. The van der Waals surface area contributed by atoms with Crippen molar-refractivity contribution in [3.63, 3.8) is 0 Å². The molecule has 1 aliphatic heterocycles. The number of aliphatic hydroxyl groups is 2. The number of hydrogen-bond acceptors (Lipinski definition) is 6. The molecule has 9 heteroatoms. The molecular formula is C14H21N5O4. The topological polar surface area (TPSA) is 116 Å². The zero-order valence-electron chi connectivity index (χ0n) is 13.0. The van der Waals surface area contributed by atoms with Crippen LogP contribution in [0.3, 0.4) is 0 Å². The van der Waals surface area contributed by atoms with Crippen molar-refractivity contribution in [1.29, 1.82) is 0 Å². The van der Waals surface area contributed by atoms with E-state index >= 15 is 0 Å². The van der Waals surface area contributed by atoms with Crippen molar-refractivity contribution < 1.29 is 10.2 Å². The third-order valence-corrected chi connectivity index (χ3v) is 4.24. The average Bonchev–Trinajstić information content (AvgIpc) is 2.91. The Hall–Kier alpha value is -2.13. The molecule has 9 nitrogen and oxygen atoms in total. The predicted molar refractivity (Wildman–Crippen MR) is 84.5 cm³/mol. The molecule has 1 fully saturated rings. The summed E-state index contributed by atoms with van der Waals surface area (Å²) in [5, 5.41) is 18.3. The summed E-state index contributed by atoms with van der Waals surface area (Å²) in [5.74, 6) is 0.604. The van der Waals surface area contributed by atoms with Crippen LogP contribution in [0.15, 0.2) is 9.59 Å². The fraction of sp³-hybridized carbons (Fsp3) is 0.643. The van der Waals surface area contributed by atoms with Gasteiger partial charge in [-0.15, -0.1) is 0 Å². The molecule has 0 amide bonds. The fourth-order valence-electron chi connectivity index (χ4n) is 3.01. The Balaban J connectivity index is 2.18. The first-order valence-corrected chi connectivity index (χ1v) is 7.79. The highest BCUT2D eigenvalue weighted by atomic mass is 16.5. The molecule has 23 heavy (non-hydrogen) atoms. The lowest BCUT2D eigenvalue weighted by molar-refractivity contribution is -0.0474. The van der Waals surface area contributed by atoms with Crippen molar-refractivity contribution in [2.75, 3.05) is 18.0 Å². The summed E-state index contributed by atoms with van der Waals surface area (Å²) < 4.78 is 2.98. The van der Waals surface area contributed by atoms with Gasteiger partial charge in [0.1, 0.15) is 0 Å². The van der Waals surface area contributed by atoms with Gasteiger partial charge in [0, 0.05) is 33.1 Å². The highest BCUT2D eigenvalue weighted by Crippen LogP contribution is 2.23. The molecule has 1 aliphatic rings. The molecule has 0 aliphatic carbocycles. The van der Waals surface area contributed by atoms with Gasteiger partial charge in [0.25, 0.3) is 5.56 Å². The summed E-state index contributed by atoms with van der Waals surface area (Å²) in [4.78, 5) is 32.9.